The van der Waals surface area contributed by atoms with Crippen LogP contribution in [0.1, 0.15) is 34.8 Å². The average Bonchev–Trinajstić information content (AvgIpc) is 2.32. The lowest BCUT2D eigenvalue weighted by Crippen LogP contribution is -2.32. The van der Waals surface area contributed by atoms with E-state index in [-0.39, 0.29) is 5.91 Å². The molecule has 0 unspecified atom stereocenters. The smallest absolute Gasteiger partial charge is 0.251 e. The van der Waals surface area contributed by atoms with Crippen molar-refractivity contribution in [3.63, 3.8) is 0 Å². The van der Waals surface area contributed by atoms with Gasteiger partial charge in [-0.3, -0.25) is 4.79 Å². The van der Waals surface area contributed by atoms with Crippen molar-refractivity contribution in [2.45, 2.75) is 27.2 Å². The molecule has 0 aliphatic rings. The number of amides is 1. The summed E-state index contributed by atoms with van der Waals surface area (Å²) < 4.78 is 0. The van der Waals surface area contributed by atoms with Crippen molar-refractivity contribution in [1.82, 2.24) is 10.6 Å². The van der Waals surface area contributed by atoms with Crippen LogP contribution in [0.5, 0.6) is 0 Å². The molecule has 0 heterocycles. The standard InChI is InChI=1S/C14H22N2O/c1-4-8-15-9-10-16-14(17)13-7-5-6-11(2)12(13)3/h5-7,15H,4,8-10H2,1-3H3,(H,16,17). The van der Waals surface area contributed by atoms with E-state index in [0.717, 1.165) is 36.2 Å². The van der Waals surface area contributed by atoms with Crippen LogP contribution in [0.2, 0.25) is 0 Å². The lowest BCUT2D eigenvalue weighted by atomic mass is 10.0. The summed E-state index contributed by atoms with van der Waals surface area (Å²) in [7, 11) is 0. The van der Waals surface area contributed by atoms with Crippen LogP contribution in [0.25, 0.3) is 0 Å². The number of carbonyl (C=O) groups excluding carboxylic acids is 1. The molecule has 0 aromatic heterocycles. The number of hydrogen-bond acceptors (Lipinski definition) is 2. The zero-order valence-electron chi connectivity index (χ0n) is 11.0. The first-order chi connectivity index (χ1) is 8.16. The van der Waals surface area contributed by atoms with E-state index >= 15 is 0 Å². The van der Waals surface area contributed by atoms with E-state index < -0.39 is 0 Å². The third kappa shape index (κ3) is 4.19. The van der Waals surface area contributed by atoms with E-state index in [1.165, 1.54) is 0 Å². The Labute approximate surface area is 104 Å². The predicted octanol–water partition coefficient (Wildman–Crippen LogP) is 2.03. The van der Waals surface area contributed by atoms with Gasteiger partial charge in [-0.1, -0.05) is 19.1 Å². The molecule has 0 atom stereocenters. The Morgan fingerprint density at radius 3 is 2.65 bits per heavy atom. The van der Waals surface area contributed by atoms with Crippen LogP contribution in [0.3, 0.4) is 0 Å². The summed E-state index contributed by atoms with van der Waals surface area (Å²) in [5.74, 6) is 0.0181. The lowest BCUT2D eigenvalue weighted by molar-refractivity contribution is 0.0953. The Morgan fingerprint density at radius 2 is 1.94 bits per heavy atom. The number of benzene rings is 1. The van der Waals surface area contributed by atoms with E-state index in [1.54, 1.807) is 0 Å². The van der Waals surface area contributed by atoms with Crippen molar-refractivity contribution in [2.24, 2.45) is 0 Å². The highest BCUT2D eigenvalue weighted by molar-refractivity contribution is 5.95. The highest BCUT2D eigenvalue weighted by Gasteiger charge is 2.08. The molecule has 0 radical (unpaired) electrons. The van der Waals surface area contributed by atoms with Crippen molar-refractivity contribution in [2.75, 3.05) is 19.6 Å². The van der Waals surface area contributed by atoms with Crippen molar-refractivity contribution in [3.05, 3.63) is 34.9 Å². The molecule has 3 nitrogen and oxygen atoms in total. The van der Waals surface area contributed by atoms with Gasteiger partial charge in [0, 0.05) is 18.7 Å². The van der Waals surface area contributed by atoms with Crippen LogP contribution in [0.15, 0.2) is 18.2 Å². The molecular weight excluding hydrogens is 212 g/mol. The van der Waals surface area contributed by atoms with Gasteiger partial charge < -0.3 is 10.6 Å². The Bertz CT molecular complexity index is 374. The molecular formula is C14H22N2O. The van der Waals surface area contributed by atoms with Crippen molar-refractivity contribution >= 4 is 5.91 Å². The fraction of sp³-hybridized carbons (Fsp3) is 0.500. The minimum absolute atomic E-state index is 0.0181. The van der Waals surface area contributed by atoms with E-state index in [4.69, 9.17) is 0 Å². The van der Waals surface area contributed by atoms with Gasteiger partial charge in [-0.2, -0.15) is 0 Å². The number of hydrogen-bond donors (Lipinski definition) is 2. The van der Waals surface area contributed by atoms with Crippen LogP contribution in [-0.2, 0) is 0 Å². The molecule has 3 heteroatoms. The Morgan fingerprint density at radius 1 is 1.18 bits per heavy atom. The highest BCUT2D eigenvalue weighted by Crippen LogP contribution is 2.12. The van der Waals surface area contributed by atoms with E-state index in [0.29, 0.717) is 6.54 Å². The summed E-state index contributed by atoms with van der Waals surface area (Å²) in [6.07, 6.45) is 1.12. The summed E-state index contributed by atoms with van der Waals surface area (Å²) in [5, 5.41) is 6.18. The second-order valence-electron chi connectivity index (χ2n) is 4.25. The summed E-state index contributed by atoms with van der Waals surface area (Å²) in [5.41, 5.74) is 2.99. The summed E-state index contributed by atoms with van der Waals surface area (Å²) in [6, 6.07) is 5.82. The molecule has 0 aliphatic carbocycles. The van der Waals surface area contributed by atoms with Gasteiger partial charge in [0.05, 0.1) is 0 Å². The fourth-order valence-corrected chi connectivity index (χ4v) is 1.66. The first-order valence-electron chi connectivity index (χ1n) is 6.22. The van der Waals surface area contributed by atoms with E-state index in [2.05, 4.69) is 17.6 Å². The normalized spacial score (nSPS) is 10.3. The highest BCUT2D eigenvalue weighted by atomic mass is 16.1. The summed E-state index contributed by atoms with van der Waals surface area (Å²) >= 11 is 0. The van der Waals surface area contributed by atoms with Gasteiger partial charge in [-0.05, 0) is 44.0 Å². The molecule has 0 fully saturated rings. The molecule has 0 aliphatic heterocycles. The van der Waals surface area contributed by atoms with Gasteiger partial charge in [-0.25, -0.2) is 0 Å². The van der Waals surface area contributed by atoms with Gasteiger partial charge in [0.15, 0.2) is 0 Å². The van der Waals surface area contributed by atoms with Crippen LogP contribution < -0.4 is 10.6 Å². The first-order valence-corrected chi connectivity index (χ1v) is 6.22. The largest absolute Gasteiger partial charge is 0.351 e. The Kier molecular flexibility index (Phi) is 5.70. The molecule has 0 saturated carbocycles. The predicted molar refractivity (Wildman–Crippen MR) is 71.4 cm³/mol. The molecule has 94 valence electrons. The first kappa shape index (κ1) is 13.7. The molecule has 1 aromatic carbocycles. The second-order valence-corrected chi connectivity index (χ2v) is 4.25. The number of carbonyl (C=O) groups is 1. The molecule has 2 N–H and O–H groups in total. The van der Waals surface area contributed by atoms with Gasteiger partial charge in [0.25, 0.3) is 5.91 Å². The second kappa shape index (κ2) is 7.07. The molecule has 0 saturated heterocycles. The maximum atomic E-state index is 11.9. The minimum atomic E-state index is 0.0181. The third-order valence-electron chi connectivity index (χ3n) is 2.86. The average molecular weight is 234 g/mol. The fourth-order valence-electron chi connectivity index (χ4n) is 1.66. The molecule has 1 aromatic rings. The van der Waals surface area contributed by atoms with Crippen LogP contribution in [0, 0.1) is 13.8 Å². The van der Waals surface area contributed by atoms with Crippen LogP contribution >= 0.6 is 0 Å². The third-order valence-corrected chi connectivity index (χ3v) is 2.86. The number of aryl methyl sites for hydroxylation is 1. The summed E-state index contributed by atoms with van der Waals surface area (Å²) in [6.45, 7) is 8.63. The van der Waals surface area contributed by atoms with Crippen molar-refractivity contribution in [1.29, 1.82) is 0 Å². The van der Waals surface area contributed by atoms with Crippen molar-refractivity contribution in [3.8, 4) is 0 Å². The SMILES string of the molecule is CCCNCCNC(=O)c1cccc(C)c1C. The molecule has 17 heavy (non-hydrogen) atoms. The van der Waals surface area contributed by atoms with Gasteiger partial charge in [-0.15, -0.1) is 0 Å². The van der Waals surface area contributed by atoms with Crippen molar-refractivity contribution < 1.29 is 4.79 Å². The minimum Gasteiger partial charge on any atom is -0.351 e. The monoisotopic (exact) mass is 234 g/mol. The number of rotatable bonds is 6. The van der Waals surface area contributed by atoms with Gasteiger partial charge in [0.1, 0.15) is 0 Å². The molecule has 1 rings (SSSR count). The maximum Gasteiger partial charge on any atom is 0.251 e. The number of nitrogens with one attached hydrogen (secondary N) is 2. The van der Waals surface area contributed by atoms with E-state index in [1.807, 2.05) is 32.0 Å². The zero-order valence-corrected chi connectivity index (χ0v) is 11.0. The maximum absolute atomic E-state index is 11.9. The van der Waals surface area contributed by atoms with Gasteiger partial charge in [0.2, 0.25) is 0 Å². The van der Waals surface area contributed by atoms with E-state index in [9.17, 15) is 4.79 Å². The quantitative estimate of drug-likeness (QED) is 0.739. The molecule has 0 bridgehead atoms. The van der Waals surface area contributed by atoms with Crippen LogP contribution in [-0.4, -0.2) is 25.5 Å². The topological polar surface area (TPSA) is 41.1 Å². The Hall–Kier alpha value is -1.35. The van der Waals surface area contributed by atoms with Crippen LogP contribution in [0.4, 0.5) is 0 Å². The van der Waals surface area contributed by atoms with Gasteiger partial charge >= 0.3 is 0 Å². The molecule has 1 amide bonds. The zero-order chi connectivity index (χ0) is 12.7. The Balaban J connectivity index is 2.44. The molecule has 0 spiro atoms. The lowest BCUT2D eigenvalue weighted by Gasteiger charge is -2.09. The summed E-state index contributed by atoms with van der Waals surface area (Å²) in [4.78, 5) is 11.9.